The molecule has 7 heteroatoms. The lowest BCUT2D eigenvalue weighted by atomic mass is 10.1. The van der Waals surface area contributed by atoms with E-state index in [1.807, 2.05) is 0 Å². The summed E-state index contributed by atoms with van der Waals surface area (Å²) in [6, 6.07) is 11.9. The number of alkyl carbamates (subject to hydrolysis) is 1. The molecule has 0 bridgehead atoms. The fourth-order valence-electron chi connectivity index (χ4n) is 2.21. The molecule has 2 aromatic carbocycles. The van der Waals surface area contributed by atoms with Crippen LogP contribution >= 0.6 is 11.6 Å². The first kappa shape index (κ1) is 20.6. The first-order valence-corrected chi connectivity index (χ1v) is 8.76. The highest BCUT2D eigenvalue weighted by Gasteiger charge is 2.15. The molecular formula is C20H23ClN2O4. The first-order chi connectivity index (χ1) is 12.7. The number of carbonyl (C=O) groups is 2. The Balaban J connectivity index is 1.93. The molecule has 6 nitrogen and oxygen atoms in total. The molecule has 0 fully saturated rings. The Hall–Kier alpha value is -2.73. The van der Waals surface area contributed by atoms with Gasteiger partial charge in [-0.3, -0.25) is 4.79 Å². The van der Waals surface area contributed by atoms with Crippen LogP contribution in [-0.2, 0) is 11.3 Å². The summed E-state index contributed by atoms with van der Waals surface area (Å²) in [6.45, 7) is 5.72. The van der Waals surface area contributed by atoms with Crippen molar-refractivity contribution in [2.24, 2.45) is 0 Å². The number of rotatable bonds is 5. The van der Waals surface area contributed by atoms with Crippen molar-refractivity contribution in [1.29, 1.82) is 0 Å². The third-order valence-corrected chi connectivity index (χ3v) is 3.76. The van der Waals surface area contributed by atoms with Crippen molar-refractivity contribution in [3.63, 3.8) is 0 Å². The van der Waals surface area contributed by atoms with Gasteiger partial charge in [-0.2, -0.15) is 0 Å². The summed E-state index contributed by atoms with van der Waals surface area (Å²) in [5.41, 5.74) is 1.37. The molecule has 0 aliphatic heterocycles. The van der Waals surface area contributed by atoms with E-state index in [4.69, 9.17) is 21.1 Å². The van der Waals surface area contributed by atoms with Gasteiger partial charge in [-0.15, -0.1) is 0 Å². The number of anilines is 1. The molecule has 0 aliphatic rings. The molecule has 0 aliphatic carbocycles. The topological polar surface area (TPSA) is 76.7 Å². The van der Waals surface area contributed by atoms with E-state index in [9.17, 15) is 9.59 Å². The van der Waals surface area contributed by atoms with Gasteiger partial charge in [0.2, 0.25) is 0 Å². The van der Waals surface area contributed by atoms with Crippen molar-refractivity contribution in [2.75, 3.05) is 12.4 Å². The van der Waals surface area contributed by atoms with Crippen molar-refractivity contribution < 1.29 is 19.1 Å². The highest BCUT2D eigenvalue weighted by Crippen LogP contribution is 2.27. The maximum atomic E-state index is 12.3. The number of ether oxygens (including phenoxy) is 2. The van der Waals surface area contributed by atoms with Crippen molar-refractivity contribution >= 4 is 29.3 Å². The first-order valence-electron chi connectivity index (χ1n) is 8.38. The van der Waals surface area contributed by atoms with Crippen LogP contribution in [0.4, 0.5) is 10.5 Å². The maximum Gasteiger partial charge on any atom is 0.407 e. The third kappa shape index (κ3) is 6.49. The number of nitrogens with one attached hydrogen (secondary N) is 2. The summed E-state index contributed by atoms with van der Waals surface area (Å²) in [5, 5.41) is 5.87. The largest absolute Gasteiger partial charge is 0.495 e. The Bertz CT molecular complexity index is 814. The van der Waals surface area contributed by atoms with Crippen LogP contribution in [0.25, 0.3) is 0 Å². The number of hydrogen-bond acceptors (Lipinski definition) is 4. The van der Waals surface area contributed by atoms with Crippen LogP contribution in [0.5, 0.6) is 5.75 Å². The van der Waals surface area contributed by atoms with E-state index in [1.54, 1.807) is 63.2 Å². The Morgan fingerprint density at radius 2 is 1.74 bits per heavy atom. The fourth-order valence-corrected chi connectivity index (χ4v) is 2.47. The average molecular weight is 391 g/mol. The average Bonchev–Trinajstić information content (AvgIpc) is 2.59. The predicted octanol–water partition coefficient (Wildman–Crippen LogP) is 4.63. The normalized spacial score (nSPS) is 10.9. The van der Waals surface area contributed by atoms with Crippen LogP contribution in [0.2, 0.25) is 5.02 Å². The quantitative estimate of drug-likeness (QED) is 0.780. The lowest BCUT2D eigenvalue weighted by molar-refractivity contribution is 0.0523. The molecule has 2 aromatic rings. The van der Waals surface area contributed by atoms with Gasteiger partial charge in [0, 0.05) is 17.8 Å². The molecule has 2 amide bonds. The maximum absolute atomic E-state index is 12.3. The molecule has 0 saturated carbocycles. The van der Waals surface area contributed by atoms with Crippen LogP contribution in [-0.4, -0.2) is 24.7 Å². The van der Waals surface area contributed by atoms with Crippen molar-refractivity contribution in [1.82, 2.24) is 5.32 Å². The number of benzene rings is 2. The standard InChI is InChI=1S/C20H23ClN2O4/c1-20(2,3)27-19(25)22-12-13-5-7-14(8-6-13)18(24)23-15-9-10-17(26-4)16(21)11-15/h5-11H,12H2,1-4H3,(H,22,25)(H,23,24). The second-order valence-electron chi connectivity index (χ2n) is 6.86. The number of hydrogen-bond donors (Lipinski definition) is 2. The van der Waals surface area contributed by atoms with Gasteiger partial charge in [0.05, 0.1) is 12.1 Å². The zero-order valence-electron chi connectivity index (χ0n) is 15.8. The minimum Gasteiger partial charge on any atom is -0.495 e. The molecule has 0 saturated heterocycles. The molecule has 144 valence electrons. The Morgan fingerprint density at radius 3 is 2.30 bits per heavy atom. The zero-order chi connectivity index (χ0) is 20.0. The van der Waals surface area contributed by atoms with E-state index in [1.165, 1.54) is 7.11 Å². The van der Waals surface area contributed by atoms with Crippen LogP contribution in [0.15, 0.2) is 42.5 Å². The van der Waals surface area contributed by atoms with E-state index in [0.29, 0.717) is 28.6 Å². The Labute approximate surface area is 163 Å². The highest BCUT2D eigenvalue weighted by molar-refractivity contribution is 6.32. The summed E-state index contributed by atoms with van der Waals surface area (Å²) in [4.78, 5) is 24.0. The van der Waals surface area contributed by atoms with Gasteiger partial charge in [0.25, 0.3) is 5.91 Å². The molecule has 0 heterocycles. The zero-order valence-corrected chi connectivity index (χ0v) is 16.5. The van der Waals surface area contributed by atoms with Gasteiger partial charge >= 0.3 is 6.09 Å². The van der Waals surface area contributed by atoms with E-state index < -0.39 is 11.7 Å². The molecule has 0 unspecified atom stereocenters. The minimum atomic E-state index is -0.545. The molecule has 0 atom stereocenters. The summed E-state index contributed by atoms with van der Waals surface area (Å²) < 4.78 is 10.3. The van der Waals surface area contributed by atoms with Crippen LogP contribution in [0, 0.1) is 0 Å². The van der Waals surface area contributed by atoms with Gasteiger partial charge in [-0.25, -0.2) is 4.79 Å². The highest BCUT2D eigenvalue weighted by atomic mass is 35.5. The molecule has 0 radical (unpaired) electrons. The summed E-state index contributed by atoms with van der Waals surface area (Å²) >= 11 is 6.06. The summed E-state index contributed by atoms with van der Waals surface area (Å²) in [7, 11) is 1.53. The monoisotopic (exact) mass is 390 g/mol. The predicted molar refractivity (Wildman–Crippen MR) is 105 cm³/mol. The SMILES string of the molecule is COc1ccc(NC(=O)c2ccc(CNC(=O)OC(C)(C)C)cc2)cc1Cl. The second-order valence-corrected chi connectivity index (χ2v) is 7.26. The summed E-state index contributed by atoms with van der Waals surface area (Å²) in [5.74, 6) is 0.277. The van der Waals surface area contributed by atoms with Gasteiger partial charge < -0.3 is 20.1 Å². The van der Waals surface area contributed by atoms with Gasteiger partial charge in [0.15, 0.2) is 0 Å². The number of halogens is 1. The number of amides is 2. The second kappa shape index (κ2) is 8.77. The lowest BCUT2D eigenvalue weighted by Gasteiger charge is -2.19. The van der Waals surface area contributed by atoms with E-state index in [-0.39, 0.29) is 5.91 Å². The smallest absolute Gasteiger partial charge is 0.407 e. The van der Waals surface area contributed by atoms with Crippen LogP contribution in [0.3, 0.4) is 0 Å². The summed E-state index contributed by atoms with van der Waals surface area (Å²) in [6.07, 6.45) is -0.485. The molecular weight excluding hydrogens is 368 g/mol. The van der Waals surface area contributed by atoms with E-state index >= 15 is 0 Å². The molecule has 2 N–H and O–H groups in total. The van der Waals surface area contributed by atoms with E-state index in [0.717, 1.165) is 5.56 Å². The van der Waals surface area contributed by atoms with Crippen molar-refractivity contribution in [3.8, 4) is 5.75 Å². The van der Waals surface area contributed by atoms with E-state index in [2.05, 4.69) is 10.6 Å². The van der Waals surface area contributed by atoms with Crippen LogP contribution < -0.4 is 15.4 Å². The fraction of sp³-hybridized carbons (Fsp3) is 0.300. The van der Waals surface area contributed by atoms with Crippen molar-refractivity contribution in [2.45, 2.75) is 32.9 Å². The molecule has 2 rings (SSSR count). The van der Waals surface area contributed by atoms with Gasteiger partial charge in [0.1, 0.15) is 11.4 Å². The third-order valence-electron chi connectivity index (χ3n) is 3.46. The van der Waals surface area contributed by atoms with Gasteiger partial charge in [-0.1, -0.05) is 23.7 Å². The number of methoxy groups -OCH3 is 1. The lowest BCUT2D eigenvalue weighted by Crippen LogP contribution is -2.32. The van der Waals surface area contributed by atoms with Crippen LogP contribution in [0.1, 0.15) is 36.7 Å². The molecule has 0 spiro atoms. The minimum absolute atomic E-state index is 0.261. The Morgan fingerprint density at radius 1 is 1.07 bits per heavy atom. The number of carbonyl (C=O) groups excluding carboxylic acids is 2. The van der Waals surface area contributed by atoms with Crippen molar-refractivity contribution in [3.05, 3.63) is 58.6 Å². The molecule has 27 heavy (non-hydrogen) atoms. The molecule has 0 aromatic heterocycles. The Kier molecular flexibility index (Phi) is 6.69. The van der Waals surface area contributed by atoms with Gasteiger partial charge in [-0.05, 0) is 56.7 Å².